The number of rotatable bonds is 5. The van der Waals surface area contributed by atoms with Gasteiger partial charge in [0.05, 0.1) is 11.4 Å². The Kier molecular flexibility index (Phi) is 4.02. The van der Waals surface area contributed by atoms with Crippen LogP contribution in [0.2, 0.25) is 0 Å². The van der Waals surface area contributed by atoms with Crippen LogP contribution < -0.4 is 10.2 Å². The van der Waals surface area contributed by atoms with E-state index in [4.69, 9.17) is 0 Å². The normalized spacial score (nSPS) is 27.8. The van der Waals surface area contributed by atoms with Crippen molar-refractivity contribution in [3.63, 3.8) is 0 Å². The Hall–Kier alpha value is -1.55. The second kappa shape index (κ2) is 6.16. The molecule has 124 valence electrons. The molecule has 1 heterocycles. The van der Waals surface area contributed by atoms with Crippen molar-refractivity contribution in [3.8, 4) is 0 Å². The zero-order valence-corrected chi connectivity index (χ0v) is 13.6. The number of carbonyl (C=O) groups excluding carboxylic acids is 1. The first-order valence-electron chi connectivity index (χ1n) is 9.02. The molecule has 3 aliphatic rings. The fraction of sp³-hybridized carbons (Fsp3) is 0.632. The zero-order valence-electron chi connectivity index (χ0n) is 13.6. The lowest BCUT2D eigenvalue weighted by molar-refractivity contribution is -0.117. The summed E-state index contributed by atoms with van der Waals surface area (Å²) in [5.74, 6) is 2.37. The lowest BCUT2D eigenvalue weighted by Gasteiger charge is -2.34. The van der Waals surface area contributed by atoms with Gasteiger partial charge in [0.2, 0.25) is 5.91 Å². The number of nitrogens with zero attached hydrogens (tertiary/aromatic N) is 1. The lowest BCUT2D eigenvalue weighted by Crippen LogP contribution is -2.35. The van der Waals surface area contributed by atoms with Gasteiger partial charge in [-0.15, -0.1) is 0 Å². The van der Waals surface area contributed by atoms with Crippen LogP contribution in [0.4, 0.5) is 11.4 Å². The van der Waals surface area contributed by atoms with E-state index in [1.54, 1.807) is 0 Å². The van der Waals surface area contributed by atoms with E-state index in [2.05, 4.69) is 16.3 Å². The molecule has 0 spiro atoms. The summed E-state index contributed by atoms with van der Waals surface area (Å²) < 4.78 is 0. The minimum absolute atomic E-state index is 0.208. The van der Waals surface area contributed by atoms with Crippen LogP contribution in [0, 0.1) is 23.7 Å². The summed E-state index contributed by atoms with van der Waals surface area (Å²) in [4.78, 5) is 14.8. The minimum Gasteiger partial charge on any atom is -0.396 e. The Bertz CT molecular complexity index is 576. The van der Waals surface area contributed by atoms with Crippen LogP contribution in [0.25, 0.3) is 0 Å². The summed E-state index contributed by atoms with van der Waals surface area (Å²) in [5.41, 5.74) is 2.07. The van der Waals surface area contributed by atoms with Crippen molar-refractivity contribution in [2.24, 2.45) is 23.7 Å². The molecule has 0 aromatic heterocycles. The Labute approximate surface area is 137 Å². The maximum absolute atomic E-state index is 12.5. The molecule has 4 nitrogen and oxygen atoms in total. The first kappa shape index (κ1) is 15.0. The second-order valence-electron chi connectivity index (χ2n) is 7.46. The Morgan fingerprint density at radius 1 is 1.17 bits per heavy atom. The topological polar surface area (TPSA) is 52.6 Å². The molecule has 0 radical (unpaired) electrons. The molecule has 3 fully saturated rings. The third kappa shape index (κ3) is 3.23. The van der Waals surface area contributed by atoms with Crippen molar-refractivity contribution in [1.82, 2.24) is 0 Å². The number of nitrogens with one attached hydrogen (secondary N) is 1. The number of piperidine rings is 1. The molecule has 2 saturated carbocycles. The van der Waals surface area contributed by atoms with Crippen LogP contribution in [-0.2, 0) is 4.79 Å². The molecule has 4 rings (SSSR count). The molecule has 0 bridgehead atoms. The summed E-state index contributed by atoms with van der Waals surface area (Å²) in [6.07, 6.45) is 5.77. The van der Waals surface area contributed by atoms with Crippen molar-refractivity contribution in [1.29, 1.82) is 0 Å². The zero-order chi connectivity index (χ0) is 15.8. The fourth-order valence-corrected chi connectivity index (χ4v) is 4.00. The number of carbonyl (C=O) groups is 1. The number of benzene rings is 1. The SMILES string of the molecule is O=C(Nc1ccccc1N1CCC(CO)CC1)C1CC1C1CC1. The van der Waals surface area contributed by atoms with E-state index in [0.717, 1.165) is 49.6 Å². The molecule has 2 atom stereocenters. The van der Waals surface area contributed by atoms with E-state index in [0.29, 0.717) is 11.8 Å². The van der Waals surface area contributed by atoms with Crippen LogP contribution in [0.3, 0.4) is 0 Å². The fourth-order valence-electron chi connectivity index (χ4n) is 4.00. The summed E-state index contributed by atoms with van der Waals surface area (Å²) in [7, 11) is 0. The van der Waals surface area contributed by atoms with E-state index in [9.17, 15) is 9.90 Å². The van der Waals surface area contributed by atoms with Gasteiger partial charge in [-0.2, -0.15) is 0 Å². The number of amides is 1. The molecule has 2 unspecified atom stereocenters. The van der Waals surface area contributed by atoms with Gasteiger partial charge < -0.3 is 15.3 Å². The van der Waals surface area contributed by atoms with Crippen LogP contribution >= 0.6 is 0 Å². The quantitative estimate of drug-likeness (QED) is 0.878. The van der Waals surface area contributed by atoms with Gasteiger partial charge in [-0.25, -0.2) is 0 Å². The molecule has 4 heteroatoms. The van der Waals surface area contributed by atoms with Crippen molar-refractivity contribution >= 4 is 17.3 Å². The van der Waals surface area contributed by atoms with Gasteiger partial charge >= 0.3 is 0 Å². The number of para-hydroxylation sites is 2. The highest BCUT2D eigenvalue weighted by Crippen LogP contribution is 2.54. The van der Waals surface area contributed by atoms with Gasteiger partial charge in [-0.05, 0) is 62.0 Å². The molecular weight excluding hydrogens is 288 g/mol. The van der Waals surface area contributed by atoms with Gasteiger partial charge in [0.15, 0.2) is 0 Å². The van der Waals surface area contributed by atoms with Crippen molar-refractivity contribution in [2.45, 2.75) is 32.1 Å². The van der Waals surface area contributed by atoms with E-state index in [1.807, 2.05) is 18.2 Å². The molecule has 23 heavy (non-hydrogen) atoms. The van der Waals surface area contributed by atoms with Gasteiger partial charge in [-0.1, -0.05) is 12.1 Å². The summed E-state index contributed by atoms with van der Waals surface area (Å²) in [5, 5.41) is 12.5. The lowest BCUT2D eigenvalue weighted by atomic mass is 9.97. The van der Waals surface area contributed by atoms with Crippen molar-refractivity contribution < 1.29 is 9.90 Å². The molecule has 1 aliphatic heterocycles. The highest BCUT2D eigenvalue weighted by molar-refractivity contribution is 5.97. The Morgan fingerprint density at radius 2 is 1.91 bits per heavy atom. The van der Waals surface area contributed by atoms with Crippen molar-refractivity contribution in [3.05, 3.63) is 24.3 Å². The van der Waals surface area contributed by atoms with E-state index in [1.165, 1.54) is 12.8 Å². The highest BCUT2D eigenvalue weighted by Gasteiger charge is 2.51. The summed E-state index contributed by atoms with van der Waals surface area (Å²) in [6, 6.07) is 8.14. The highest BCUT2D eigenvalue weighted by atomic mass is 16.3. The molecule has 1 aromatic carbocycles. The maximum atomic E-state index is 12.5. The van der Waals surface area contributed by atoms with E-state index in [-0.39, 0.29) is 18.4 Å². The Morgan fingerprint density at radius 3 is 2.61 bits per heavy atom. The number of hydrogen-bond donors (Lipinski definition) is 2. The van der Waals surface area contributed by atoms with Crippen LogP contribution in [-0.4, -0.2) is 30.7 Å². The maximum Gasteiger partial charge on any atom is 0.227 e. The van der Waals surface area contributed by atoms with Gasteiger partial charge in [0.25, 0.3) is 0 Å². The summed E-state index contributed by atoms with van der Waals surface area (Å²) >= 11 is 0. The predicted molar refractivity (Wildman–Crippen MR) is 91.4 cm³/mol. The van der Waals surface area contributed by atoms with Gasteiger partial charge in [0, 0.05) is 25.6 Å². The average molecular weight is 314 g/mol. The molecule has 2 N–H and O–H groups in total. The second-order valence-corrected chi connectivity index (χ2v) is 7.46. The number of aliphatic hydroxyl groups is 1. The first-order chi connectivity index (χ1) is 11.3. The molecular formula is C19H26N2O2. The molecule has 1 aromatic rings. The van der Waals surface area contributed by atoms with Crippen LogP contribution in [0.5, 0.6) is 0 Å². The standard InChI is InChI=1S/C19H26N2O2/c22-12-13-7-9-21(10-8-13)18-4-2-1-3-17(18)20-19(23)16-11-15(16)14-5-6-14/h1-4,13-16,22H,5-12H2,(H,20,23). The number of anilines is 2. The summed E-state index contributed by atoms with van der Waals surface area (Å²) in [6.45, 7) is 2.19. The minimum atomic E-state index is 0.208. The number of aliphatic hydroxyl groups excluding tert-OH is 1. The largest absolute Gasteiger partial charge is 0.396 e. The number of hydrogen-bond acceptors (Lipinski definition) is 3. The van der Waals surface area contributed by atoms with Crippen LogP contribution in [0.1, 0.15) is 32.1 Å². The monoisotopic (exact) mass is 314 g/mol. The first-order valence-corrected chi connectivity index (χ1v) is 9.02. The molecule has 1 saturated heterocycles. The van der Waals surface area contributed by atoms with Crippen LogP contribution in [0.15, 0.2) is 24.3 Å². The smallest absolute Gasteiger partial charge is 0.227 e. The average Bonchev–Trinajstić information content (AvgIpc) is 3.47. The van der Waals surface area contributed by atoms with E-state index < -0.39 is 0 Å². The third-order valence-corrected chi connectivity index (χ3v) is 5.78. The van der Waals surface area contributed by atoms with Gasteiger partial charge in [-0.3, -0.25) is 4.79 Å². The predicted octanol–water partition coefficient (Wildman–Crippen LogP) is 2.88. The molecule has 2 aliphatic carbocycles. The Balaban J connectivity index is 1.41. The van der Waals surface area contributed by atoms with Gasteiger partial charge in [0.1, 0.15) is 0 Å². The van der Waals surface area contributed by atoms with Crippen molar-refractivity contribution in [2.75, 3.05) is 29.9 Å². The third-order valence-electron chi connectivity index (χ3n) is 5.78. The van der Waals surface area contributed by atoms with E-state index >= 15 is 0 Å². The molecule has 1 amide bonds.